The monoisotopic (exact) mass is 208 g/mol. The number of benzene rings is 1. The Labute approximate surface area is 84.6 Å². The maximum absolute atomic E-state index is 2.50. The van der Waals surface area contributed by atoms with Crippen LogP contribution in [0.2, 0.25) is 31.9 Å². The summed E-state index contributed by atoms with van der Waals surface area (Å²) in [5.41, 5.74) is 1.52. The Hall–Kier alpha value is -0.346. The first-order chi connectivity index (χ1) is 6.02. The van der Waals surface area contributed by atoms with Crippen molar-refractivity contribution in [1.29, 1.82) is 0 Å². The van der Waals surface area contributed by atoms with Gasteiger partial charge in [-0.25, -0.2) is 0 Å². The van der Waals surface area contributed by atoms with Gasteiger partial charge in [0.05, 0.1) is 8.07 Å². The summed E-state index contributed by atoms with van der Waals surface area (Å²) in [6.45, 7) is 9.90. The molecule has 0 saturated heterocycles. The average molecular weight is 208 g/mol. The van der Waals surface area contributed by atoms with Gasteiger partial charge in [0.1, 0.15) is 0 Å². The molecule has 0 fully saturated rings. The predicted molar refractivity (Wildman–Crippen MR) is 67.2 cm³/mol. The molecule has 0 N–H and O–H groups in total. The van der Waals surface area contributed by atoms with Gasteiger partial charge in [0.2, 0.25) is 0 Å². The normalized spacial score (nSPS) is 12.1. The van der Waals surface area contributed by atoms with Crippen molar-refractivity contribution in [3.05, 3.63) is 30.3 Å². The minimum atomic E-state index is -1.08. The fourth-order valence-electron chi connectivity index (χ4n) is 2.03. The molecule has 0 atom stereocenters. The highest BCUT2D eigenvalue weighted by Crippen LogP contribution is 2.11. The molecule has 0 aliphatic carbocycles. The quantitative estimate of drug-likeness (QED) is 0.670. The van der Waals surface area contributed by atoms with Gasteiger partial charge in [-0.05, 0) is 0 Å². The first-order valence-corrected chi connectivity index (χ1v) is 11.4. The third-order valence-electron chi connectivity index (χ3n) is 2.47. The van der Waals surface area contributed by atoms with Crippen molar-refractivity contribution < 1.29 is 0 Å². The van der Waals surface area contributed by atoms with Crippen molar-refractivity contribution in [1.82, 2.24) is 0 Å². The molecule has 0 unspecified atom stereocenters. The first-order valence-electron chi connectivity index (χ1n) is 5.08. The molecule has 0 bridgehead atoms. The van der Waals surface area contributed by atoms with Crippen molar-refractivity contribution in [2.24, 2.45) is 0 Å². The van der Waals surface area contributed by atoms with Crippen LogP contribution in [-0.4, -0.2) is 16.9 Å². The maximum Gasteiger partial charge on any atom is 0.0778 e. The number of hydrogen-bond acceptors (Lipinski definition) is 0. The van der Waals surface area contributed by atoms with Crippen LogP contribution in [-0.2, 0) is 0 Å². The summed E-state index contributed by atoms with van der Waals surface area (Å²) in [5.74, 6) is 0. The van der Waals surface area contributed by atoms with E-state index in [0.29, 0.717) is 0 Å². The number of hydrogen-bond donors (Lipinski definition) is 0. The fraction of sp³-hybridized carbons (Fsp3) is 0.455. The summed E-state index contributed by atoms with van der Waals surface area (Å²) in [4.78, 5) is 0. The van der Waals surface area contributed by atoms with Crippen molar-refractivity contribution in [2.45, 2.75) is 31.9 Å². The van der Waals surface area contributed by atoms with Gasteiger partial charge in [-0.3, -0.25) is 0 Å². The van der Waals surface area contributed by atoms with Gasteiger partial charge in [-0.15, -0.1) is 0 Å². The van der Waals surface area contributed by atoms with Crippen LogP contribution in [0.1, 0.15) is 0 Å². The van der Waals surface area contributed by atoms with Gasteiger partial charge in [0.15, 0.2) is 0 Å². The zero-order chi connectivity index (χ0) is 9.90. The molecule has 2 heteroatoms. The SMILES string of the molecule is C[SiH](C)C[Si](C)(C)c1ccccc1. The molecular formula is C11H20Si2. The third-order valence-corrected chi connectivity index (χ3v) is 11.7. The largest absolute Gasteiger partial charge is 0.0778 e. The molecule has 0 radical (unpaired) electrons. The van der Waals surface area contributed by atoms with Crippen molar-refractivity contribution >= 4 is 22.1 Å². The molecule has 0 saturated carbocycles. The van der Waals surface area contributed by atoms with Crippen LogP contribution in [0.5, 0.6) is 0 Å². The van der Waals surface area contributed by atoms with Crippen LogP contribution in [0.4, 0.5) is 0 Å². The Morgan fingerprint density at radius 1 is 1.08 bits per heavy atom. The molecule has 72 valence electrons. The lowest BCUT2D eigenvalue weighted by Crippen LogP contribution is -2.43. The van der Waals surface area contributed by atoms with Crippen LogP contribution in [0.25, 0.3) is 0 Å². The maximum atomic E-state index is 2.50. The van der Waals surface area contributed by atoms with Gasteiger partial charge in [0.25, 0.3) is 0 Å². The van der Waals surface area contributed by atoms with E-state index in [1.165, 1.54) is 5.67 Å². The standard InChI is InChI=1S/C11H20Si2/c1-12(2)10-13(3,4)11-8-6-5-7-9-11/h5-9,12H,10H2,1-4H3. The van der Waals surface area contributed by atoms with Gasteiger partial charge in [0, 0.05) is 8.80 Å². The molecule has 13 heavy (non-hydrogen) atoms. The second-order valence-corrected chi connectivity index (χ2v) is 13.6. The van der Waals surface area contributed by atoms with Crippen molar-refractivity contribution in [2.75, 3.05) is 0 Å². The molecule has 1 aromatic rings. The van der Waals surface area contributed by atoms with E-state index in [-0.39, 0.29) is 0 Å². The fourth-order valence-corrected chi connectivity index (χ4v) is 12.2. The van der Waals surface area contributed by atoms with Gasteiger partial charge < -0.3 is 0 Å². The van der Waals surface area contributed by atoms with Crippen molar-refractivity contribution in [3.8, 4) is 0 Å². The molecule has 1 rings (SSSR count). The Morgan fingerprint density at radius 3 is 2.08 bits per heavy atom. The summed E-state index contributed by atoms with van der Waals surface area (Å²) in [7, 11) is -1.48. The van der Waals surface area contributed by atoms with Gasteiger partial charge in [-0.1, -0.05) is 67.4 Å². The number of rotatable bonds is 3. The van der Waals surface area contributed by atoms with Crippen LogP contribution in [0.3, 0.4) is 0 Å². The average Bonchev–Trinajstić information content (AvgIpc) is 2.04. The van der Waals surface area contributed by atoms with Crippen molar-refractivity contribution in [3.63, 3.8) is 0 Å². The van der Waals surface area contributed by atoms with E-state index in [4.69, 9.17) is 0 Å². The van der Waals surface area contributed by atoms with Crippen LogP contribution in [0, 0.1) is 0 Å². The summed E-state index contributed by atoms with van der Waals surface area (Å²) >= 11 is 0. The smallest absolute Gasteiger partial charge is 0.0724 e. The van der Waals surface area contributed by atoms with E-state index >= 15 is 0 Å². The van der Waals surface area contributed by atoms with E-state index in [2.05, 4.69) is 56.5 Å². The summed E-state index contributed by atoms with van der Waals surface area (Å²) in [5, 5.41) is 1.62. The Kier molecular flexibility index (Phi) is 3.50. The summed E-state index contributed by atoms with van der Waals surface area (Å²) in [6.07, 6.45) is 0. The lowest BCUT2D eigenvalue weighted by molar-refractivity contribution is 1.60. The highest BCUT2D eigenvalue weighted by molar-refractivity contribution is 6.96. The zero-order valence-electron chi connectivity index (χ0n) is 9.17. The molecule has 0 amide bonds. The Bertz CT molecular complexity index is 252. The molecule has 1 aromatic carbocycles. The van der Waals surface area contributed by atoms with E-state index in [0.717, 1.165) is 0 Å². The minimum Gasteiger partial charge on any atom is -0.0724 e. The van der Waals surface area contributed by atoms with Crippen LogP contribution < -0.4 is 5.19 Å². The zero-order valence-corrected chi connectivity index (χ0v) is 11.3. The summed E-state index contributed by atoms with van der Waals surface area (Å²) in [6, 6.07) is 11.1. The third kappa shape index (κ3) is 3.12. The lowest BCUT2D eigenvalue weighted by atomic mass is 10.4. The molecule has 0 nitrogen and oxygen atoms in total. The van der Waals surface area contributed by atoms with E-state index in [9.17, 15) is 0 Å². The highest BCUT2D eigenvalue weighted by atomic mass is 28.4. The lowest BCUT2D eigenvalue weighted by Gasteiger charge is -2.24. The van der Waals surface area contributed by atoms with E-state index in [1.807, 2.05) is 0 Å². The minimum absolute atomic E-state index is 0.404. The topological polar surface area (TPSA) is 0 Å². The highest BCUT2D eigenvalue weighted by Gasteiger charge is 2.23. The Morgan fingerprint density at radius 2 is 1.62 bits per heavy atom. The molecule has 0 heterocycles. The van der Waals surface area contributed by atoms with E-state index < -0.39 is 16.9 Å². The second-order valence-electron chi connectivity index (χ2n) is 4.85. The van der Waals surface area contributed by atoms with Crippen LogP contribution >= 0.6 is 0 Å². The van der Waals surface area contributed by atoms with Gasteiger partial charge in [-0.2, -0.15) is 0 Å². The molecule has 0 spiro atoms. The molecule has 0 aromatic heterocycles. The van der Waals surface area contributed by atoms with E-state index in [1.54, 1.807) is 5.19 Å². The molecule has 0 aliphatic rings. The molecular weight excluding hydrogens is 188 g/mol. The van der Waals surface area contributed by atoms with Gasteiger partial charge >= 0.3 is 0 Å². The molecule has 0 aliphatic heterocycles. The van der Waals surface area contributed by atoms with Crippen LogP contribution in [0.15, 0.2) is 30.3 Å². The first kappa shape index (κ1) is 10.7. The summed E-state index contributed by atoms with van der Waals surface area (Å²) < 4.78 is 0. The second kappa shape index (κ2) is 4.24. The predicted octanol–water partition coefficient (Wildman–Crippen LogP) is 2.63. The Balaban J connectivity index is 2.81.